The first-order chi connectivity index (χ1) is 19.3. The topological polar surface area (TPSA) is 161 Å². The molecule has 0 unspecified atom stereocenters. The number of amides is 1. The van der Waals surface area contributed by atoms with Crippen molar-refractivity contribution in [1.82, 2.24) is 25.9 Å². The molecule has 1 aliphatic rings. The lowest BCUT2D eigenvalue weighted by Gasteiger charge is -2.19. The highest BCUT2D eigenvalue weighted by Gasteiger charge is 2.32. The Labute approximate surface area is 241 Å². The fourth-order valence-corrected chi connectivity index (χ4v) is 4.62. The monoisotopic (exact) mass is 583 g/mol. The van der Waals surface area contributed by atoms with Gasteiger partial charge in [-0.25, -0.2) is 4.98 Å². The van der Waals surface area contributed by atoms with E-state index in [1.807, 2.05) is 36.4 Å². The number of carboxylic acids is 1. The van der Waals surface area contributed by atoms with E-state index in [0.29, 0.717) is 47.6 Å². The molecular formula is C27H30ClN7O4S. The molecule has 0 saturated heterocycles. The van der Waals surface area contributed by atoms with Gasteiger partial charge < -0.3 is 36.8 Å². The lowest BCUT2D eigenvalue weighted by Crippen LogP contribution is -2.37. The van der Waals surface area contributed by atoms with Gasteiger partial charge in [-0.1, -0.05) is 48.0 Å². The highest BCUT2D eigenvalue weighted by atomic mass is 35.5. The summed E-state index contributed by atoms with van der Waals surface area (Å²) in [5.74, 6) is -0.765. The minimum absolute atomic E-state index is 0.0318. The average Bonchev–Trinajstić information content (AvgIpc) is 3.24. The van der Waals surface area contributed by atoms with Crippen molar-refractivity contribution in [2.45, 2.75) is 31.4 Å². The van der Waals surface area contributed by atoms with Gasteiger partial charge in [-0.3, -0.25) is 9.59 Å². The normalized spacial score (nSPS) is 15.6. The van der Waals surface area contributed by atoms with Crippen molar-refractivity contribution in [3.63, 3.8) is 0 Å². The van der Waals surface area contributed by atoms with Gasteiger partial charge in [-0.05, 0) is 41.9 Å². The summed E-state index contributed by atoms with van der Waals surface area (Å²) in [7, 11) is 0. The molecule has 2 aromatic carbocycles. The molecule has 2 atom stereocenters. The van der Waals surface area contributed by atoms with E-state index in [4.69, 9.17) is 28.9 Å². The number of carbonyl (C=O) groups excluding carboxylic acids is 1. The van der Waals surface area contributed by atoms with Crippen molar-refractivity contribution < 1.29 is 19.8 Å². The number of nitrogens with one attached hydrogen (secondary N) is 5. The molecule has 0 radical (unpaired) electrons. The number of fused-ring (bicyclic) bond motifs is 1. The number of aliphatic carboxylic acids is 1. The average molecular weight is 584 g/mol. The Kier molecular flexibility index (Phi) is 10.1. The van der Waals surface area contributed by atoms with E-state index in [1.54, 1.807) is 12.1 Å². The van der Waals surface area contributed by atoms with Crippen LogP contribution in [0.15, 0.2) is 54.7 Å². The molecule has 1 heterocycles. The van der Waals surface area contributed by atoms with Gasteiger partial charge in [-0.2, -0.15) is 4.98 Å². The van der Waals surface area contributed by atoms with Crippen LogP contribution in [0.2, 0.25) is 5.02 Å². The van der Waals surface area contributed by atoms with Crippen LogP contribution in [0.5, 0.6) is 0 Å². The van der Waals surface area contributed by atoms with Crippen LogP contribution < -0.4 is 26.6 Å². The summed E-state index contributed by atoms with van der Waals surface area (Å²) in [5, 5.41) is 35.2. The zero-order valence-electron chi connectivity index (χ0n) is 21.5. The van der Waals surface area contributed by atoms with Crippen LogP contribution in [0.1, 0.15) is 40.4 Å². The standard InChI is InChI=1S/C27H30ClN7O4S/c28-19-8-3-4-9-20(19)33-26-32-15-18(25(39)34-23-17-7-2-1-6-16(17)14-21(23)36)24(35-26)29-11-5-12-30-27(40)31-13-10-22(37)38/h1-4,6-9,15,21,23,36H,5,10-14H2,(H,34,39)(H,37,38)(H2,30,31,40)(H2,29,32,33,35)/t21-,23+/m1/s1. The number of hydrogen-bond donors (Lipinski definition) is 7. The first kappa shape index (κ1) is 29.0. The van der Waals surface area contributed by atoms with Crippen molar-refractivity contribution in [3.05, 3.63) is 76.4 Å². The third-order valence-corrected chi connectivity index (χ3v) is 6.82. The first-order valence-electron chi connectivity index (χ1n) is 12.7. The van der Waals surface area contributed by atoms with Gasteiger partial charge in [0.05, 0.1) is 29.3 Å². The Hall–Kier alpha value is -4.00. The number of thiocarbonyl (C=S) groups is 1. The molecular weight excluding hydrogens is 554 g/mol. The fourth-order valence-electron chi connectivity index (χ4n) is 4.24. The molecule has 1 aromatic heterocycles. The Morgan fingerprint density at radius 1 is 1.05 bits per heavy atom. The molecule has 0 saturated carbocycles. The van der Waals surface area contributed by atoms with E-state index in [-0.39, 0.29) is 24.5 Å². The fraction of sp³-hybridized carbons (Fsp3) is 0.296. The largest absolute Gasteiger partial charge is 0.481 e. The van der Waals surface area contributed by atoms with Crippen LogP contribution >= 0.6 is 23.8 Å². The Morgan fingerprint density at radius 2 is 1.80 bits per heavy atom. The third kappa shape index (κ3) is 7.78. The van der Waals surface area contributed by atoms with E-state index in [2.05, 4.69) is 36.6 Å². The third-order valence-electron chi connectivity index (χ3n) is 6.20. The zero-order valence-corrected chi connectivity index (χ0v) is 23.1. The van der Waals surface area contributed by atoms with Gasteiger partial charge in [0, 0.05) is 32.3 Å². The van der Waals surface area contributed by atoms with Gasteiger partial charge >= 0.3 is 5.97 Å². The van der Waals surface area contributed by atoms with Crippen molar-refractivity contribution >= 4 is 58.3 Å². The van der Waals surface area contributed by atoms with Crippen molar-refractivity contribution in [1.29, 1.82) is 0 Å². The highest BCUT2D eigenvalue weighted by molar-refractivity contribution is 7.80. The molecule has 210 valence electrons. The van der Waals surface area contributed by atoms with E-state index in [1.165, 1.54) is 6.20 Å². The van der Waals surface area contributed by atoms with Gasteiger partial charge in [0.15, 0.2) is 5.11 Å². The van der Waals surface area contributed by atoms with Gasteiger partial charge in [0.2, 0.25) is 5.95 Å². The van der Waals surface area contributed by atoms with Gasteiger partial charge in [0.1, 0.15) is 11.4 Å². The number of halogens is 1. The first-order valence-corrected chi connectivity index (χ1v) is 13.5. The molecule has 0 bridgehead atoms. The molecule has 7 N–H and O–H groups in total. The van der Waals surface area contributed by atoms with Crippen LogP contribution in [0.3, 0.4) is 0 Å². The van der Waals surface area contributed by atoms with E-state index in [9.17, 15) is 14.7 Å². The lowest BCUT2D eigenvalue weighted by atomic mass is 10.1. The smallest absolute Gasteiger partial charge is 0.305 e. The number of hydrogen-bond acceptors (Lipinski definition) is 8. The molecule has 13 heteroatoms. The summed E-state index contributed by atoms with van der Waals surface area (Å²) < 4.78 is 0. The maximum absolute atomic E-state index is 13.4. The summed E-state index contributed by atoms with van der Waals surface area (Å²) in [6, 6.07) is 14.2. The number of para-hydroxylation sites is 1. The Morgan fingerprint density at radius 3 is 2.60 bits per heavy atom. The maximum Gasteiger partial charge on any atom is 0.305 e. The number of aromatic nitrogens is 2. The number of anilines is 3. The van der Waals surface area contributed by atoms with Crippen LogP contribution in [0.25, 0.3) is 0 Å². The Bertz CT molecular complexity index is 1380. The molecule has 0 spiro atoms. The molecule has 0 aliphatic heterocycles. The van der Waals surface area contributed by atoms with E-state index in [0.717, 1.165) is 11.1 Å². The minimum atomic E-state index is -0.903. The quantitative estimate of drug-likeness (QED) is 0.124. The van der Waals surface area contributed by atoms with Crippen LogP contribution in [0, 0.1) is 0 Å². The summed E-state index contributed by atoms with van der Waals surface area (Å²) in [4.78, 5) is 32.8. The molecule has 4 rings (SSSR count). The van der Waals surface area contributed by atoms with Gasteiger partial charge in [0.25, 0.3) is 5.91 Å². The maximum atomic E-state index is 13.4. The number of rotatable bonds is 12. The predicted octanol–water partition coefficient (Wildman–Crippen LogP) is 3.00. The zero-order chi connectivity index (χ0) is 28.5. The van der Waals surface area contributed by atoms with E-state index < -0.39 is 24.0 Å². The van der Waals surface area contributed by atoms with Crippen molar-refractivity contribution in [2.75, 3.05) is 30.3 Å². The molecule has 11 nitrogen and oxygen atoms in total. The minimum Gasteiger partial charge on any atom is -0.481 e. The predicted molar refractivity (Wildman–Crippen MR) is 157 cm³/mol. The lowest BCUT2D eigenvalue weighted by molar-refractivity contribution is -0.136. The van der Waals surface area contributed by atoms with Crippen LogP contribution in [-0.4, -0.2) is 62.9 Å². The van der Waals surface area contributed by atoms with Crippen LogP contribution in [0.4, 0.5) is 17.5 Å². The highest BCUT2D eigenvalue weighted by Crippen LogP contribution is 2.32. The van der Waals surface area contributed by atoms with Crippen molar-refractivity contribution in [3.8, 4) is 0 Å². The van der Waals surface area contributed by atoms with E-state index >= 15 is 0 Å². The summed E-state index contributed by atoms with van der Waals surface area (Å²) in [5.41, 5.74) is 2.72. The second kappa shape index (κ2) is 13.9. The number of carboxylic acid groups (broad SMARTS) is 1. The van der Waals surface area contributed by atoms with Crippen molar-refractivity contribution in [2.24, 2.45) is 0 Å². The molecule has 40 heavy (non-hydrogen) atoms. The number of aliphatic hydroxyl groups excluding tert-OH is 1. The number of carbonyl (C=O) groups is 2. The second-order valence-electron chi connectivity index (χ2n) is 9.09. The summed E-state index contributed by atoms with van der Waals surface area (Å²) in [6.45, 7) is 1.19. The second-order valence-corrected chi connectivity index (χ2v) is 9.90. The molecule has 0 fully saturated rings. The molecule has 3 aromatic rings. The number of benzene rings is 2. The van der Waals surface area contributed by atoms with Crippen LogP contribution in [-0.2, 0) is 11.2 Å². The molecule has 1 aliphatic carbocycles. The number of aliphatic hydroxyl groups is 1. The van der Waals surface area contributed by atoms with Gasteiger partial charge in [-0.15, -0.1) is 0 Å². The SMILES string of the molecule is O=C(O)CCNC(=S)NCCCNc1nc(Nc2ccccc2Cl)ncc1C(=O)N[C@H]1c2ccccc2C[C@H]1O. The summed E-state index contributed by atoms with van der Waals surface area (Å²) >= 11 is 11.4. The summed E-state index contributed by atoms with van der Waals surface area (Å²) in [6.07, 6.45) is 1.74. The number of nitrogens with zero attached hydrogens (tertiary/aromatic N) is 2. The Balaban J connectivity index is 1.43. The molecule has 1 amide bonds.